The molecule has 6 nitrogen and oxygen atoms in total. The van der Waals surface area contributed by atoms with E-state index in [1.165, 1.54) is 40.7 Å². The van der Waals surface area contributed by atoms with Crippen molar-refractivity contribution in [2.45, 2.75) is 24.7 Å². The molecule has 1 N–H and O–H groups in total. The van der Waals surface area contributed by atoms with Crippen LogP contribution >= 0.6 is 0 Å². The molecular formula is C19H21FN2O4S. The van der Waals surface area contributed by atoms with Crippen molar-refractivity contribution < 1.29 is 22.3 Å². The number of hydrogen-bond acceptors (Lipinski definition) is 4. The quantitative estimate of drug-likeness (QED) is 0.819. The predicted octanol–water partition coefficient (Wildman–Crippen LogP) is 3.26. The molecule has 0 bridgehead atoms. The second-order valence-electron chi connectivity index (χ2n) is 6.17. The van der Waals surface area contributed by atoms with Gasteiger partial charge in [0, 0.05) is 24.3 Å². The number of carbonyl (C=O) groups is 1. The number of halogens is 1. The first-order chi connectivity index (χ1) is 12.9. The van der Waals surface area contributed by atoms with Crippen molar-refractivity contribution >= 4 is 21.6 Å². The van der Waals surface area contributed by atoms with E-state index in [-0.39, 0.29) is 16.2 Å². The molecule has 1 fully saturated rings. The molecule has 1 aliphatic rings. The summed E-state index contributed by atoms with van der Waals surface area (Å²) in [6.07, 6.45) is 1.65. The summed E-state index contributed by atoms with van der Waals surface area (Å²) in [6.45, 7) is 3.04. The normalized spacial score (nSPS) is 14.9. The molecule has 0 radical (unpaired) electrons. The van der Waals surface area contributed by atoms with Crippen LogP contribution < -0.4 is 10.1 Å². The van der Waals surface area contributed by atoms with Crippen molar-refractivity contribution in [3.05, 3.63) is 53.8 Å². The van der Waals surface area contributed by atoms with Gasteiger partial charge in [0.05, 0.1) is 6.61 Å². The van der Waals surface area contributed by atoms with Gasteiger partial charge in [0.15, 0.2) is 0 Å². The minimum atomic E-state index is -3.71. The molecule has 8 heteroatoms. The van der Waals surface area contributed by atoms with Crippen LogP contribution in [0, 0.1) is 5.82 Å². The Hall–Kier alpha value is -2.45. The van der Waals surface area contributed by atoms with Gasteiger partial charge in [0.25, 0.3) is 5.91 Å². The Morgan fingerprint density at radius 2 is 1.81 bits per heavy atom. The van der Waals surface area contributed by atoms with Crippen LogP contribution in [0.2, 0.25) is 0 Å². The van der Waals surface area contributed by atoms with Gasteiger partial charge in [-0.25, -0.2) is 12.8 Å². The number of ether oxygens (including phenoxy) is 1. The van der Waals surface area contributed by atoms with Gasteiger partial charge in [-0.2, -0.15) is 4.31 Å². The number of hydrogen-bond donors (Lipinski definition) is 1. The van der Waals surface area contributed by atoms with Crippen LogP contribution in [0.5, 0.6) is 5.75 Å². The van der Waals surface area contributed by atoms with E-state index in [0.29, 0.717) is 25.4 Å². The molecular weight excluding hydrogens is 371 g/mol. The fraction of sp³-hybridized carbons (Fsp3) is 0.316. The highest BCUT2D eigenvalue weighted by Gasteiger charge is 2.30. The fourth-order valence-electron chi connectivity index (χ4n) is 2.93. The zero-order chi connectivity index (χ0) is 19.4. The molecule has 2 aromatic carbocycles. The van der Waals surface area contributed by atoms with Crippen molar-refractivity contribution in [2.75, 3.05) is 25.0 Å². The van der Waals surface area contributed by atoms with E-state index >= 15 is 0 Å². The van der Waals surface area contributed by atoms with Gasteiger partial charge >= 0.3 is 0 Å². The Labute approximate surface area is 158 Å². The Balaban J connectivity index is 1.91. The molecule has 0 aliphatic carbocycles. The summed E-state index contributed by atoms with van der Waals surface area (Å²) in [4.78, 5) is 12.4. The maximum absolute atomic E-state index is 13.0. The highest BCUT2D eigenvalue weighted by Crippen LogP contribution is 2.31. The third-order valence-corrected chi connectivity index (χ3v) is 6.21. The minimum absolute atomic E-state index is 0.0307. The van der Waals surface area contributed by atoms with Crippen LogP contribution in [0.25, 0.3) is 0 Å². The third kappa shape index (κ3) is 4.28. The lowest BCUT2D eigenvalue weighted by atomic mass is 10.2. The highest BCUT2D eigenvalue weighted by molar-refractivity contribution is 7.89. The summed E-state index contributed by atoms with van der Waals surface area (Å²) in [6, 6.07) is 9.62. The molecule has 27 heavy (non-hydrogen) atoms. The summed E-state index contributed by atoms with van der Waals surface area (Å²) in [5.41, 5.74) is 0.597. The molecule has 1 amide bonds. The van der Waals surface area contributed by atoms with Crippen LogP contribution in [-0.2, 0) is 10.0 Å². The van der Waals surface area contributed by atoms with E-state index in [4.69, 9.17) is 4.74 Å². The molecule has 0 saturated carbocycles. The smallest absolute Gasteiger partial charge is 0.255 e. The van der Waals surface area contributed by atoms with Gasteiger partial charge in [-0.3, -0.25) is 4.79 Å². The number of nitrogens with zero attached hydrogens (tertiary/aromatic N) is 1. The van der Waals surface area contributed by atoms with Gasteiger partial charge in [-0.1, -0.05) is 0 Å². The molecule has 0 atom stereocenters. The average Bonchev–Trinajstić information content (AvgIpc) is 3.19. The van der Waals surface area contributed by atoms with E-state index in [9.17, 15) is 17.6 Å². The molecule has 0 unspecified atom stereocenters. The van der Waals surface area contributed by atoms with Crippen LogP contribution in [0.1, 0.15) is 30.1 Å². The molecule has 2 aromatic rings. The number of rotatable bonds is 6. The van der Waals surface area contributed by atoms with Crippen LogP contribution in [0.3, 0.4) is 0 Å². The lowest BCUT2D eigenvalue weighted by Crippen LogP contribution is -2.28. The first kappa shape index (κ1) is 19.3. The number of carbonyl (C=O) groups excluding carboxylic acids is 1. The lowest BCUT2D eigenvalue weighted by Gasteiger charge is -2.19. The maximum Gasteiger partial charge on any atom is 0.255 e. The van der Waals surface area contributed by atoms with E-state index in [1.54, 1.807) is 13.0 Å². The topological polar surface area (TPSA) is 75.7 Å². The Kier molecular flexibility index (Phi) is 5.76. The van der Waals surface area contributed by atoms with Crippen molar-refractivity contribution in [1.82, 2.24) is 4.31 Å². The van der Waals surface area contributed by atoms with Crippen molar-refractivity contribution in [3.63, 3.8) is 0 Å². The summed E-state index contributed by atoms with van der Waals surface area (Å²) < 4.78 is 45.9. The van der Waals surface area contributed by atoms with Gasteiger partial charge in [0.2, 0.25) is 10.0 Å². The van der Waals surface area contributed by atoms with Crippen LogP contribution in [-0.4, -0.2) is 38.3 Å². The van der Waals surface area contributed by atoms with Crippen molar-refractivity contribution in [1.29, 1.82) is 0 Å². The Bertz CT molecular complexity index is 923. The van der Waals surface area contributed by atoms with Gasteiger partial charge in [-0.05, 0) is 62.2 Å². The van der Waals surface area contributed by atoms with E-state index in [0.717, 1.165) is 12.8 Å². The second-order valence-corrected chi connectivity index (χ2v) is 8.07. The van der Waals surface area contributed by atoms with Crippen molar-refractivity contribution in [2.24, 2.45) is 0 Å². The van der Waals surface area contributed by atoms with E-state index in [2.05, 4.69) is 5.32 Å². The molecule has 1 aliphatic heterocycles. The molecule has 1 saturated heterocycles. The zero-order valence-corrected chi connectivity index (χ0v) is 15.8. The molecule has 1 heterocycles. The molecule has 0 aromatic heterocycles. The monoisotopic (exact) mass is 392 g/mol. The first-order valence-electron chi connectivity index (χ1n) is 8.75. The van der Waals surface area contributed by atoms with Crippen LogP contribution in [0.15, 0.2) is 47.4 Å². The largest absolute Gasteiger partial charge is 0.492 e. The lowest BCUT2D eigenvalue weighted by molar-refractivity contribution is 0.102. The predicted molar refractivity (Wildman–Crippen MR) is 100.0 cm³/mol. The second kappa shape index (κ2) is 8.06. The minimum Gasteiger partial charge on any atom is -0.492 e. The van der Waals surface area contributed by atoms with Gasteiger partial charge in [-0.15, -0.1) is 0 Å². The highest BCUT2D eigenvalue weighted by atomic mass is 32.2. The van der Waals surface area contributed by atoms with Crippen LogP contribution in [0.4, 0.5) is 10.1 Å². The summed E-state index contributed by atoms with van der Waals surface area (Å²) >= 11 is 0. The Morgan fingerprint density at radius 1 is 1.15 bits per heavy atom. The summed E-state index contributed by atoms with van der Waals surface area (Å²) in [5.74, 6) is -0.639. The number of amides is 1. The maximum atomic E-state index is 13.0. The molecule has 144 valence electrons. The van der Waals surface area contributed by atoms with E-state index in [1.807, 2.05) is 0 Å². The van der Waals surface area contributed by atoms with Gasteiger partial charge in [0.1, 0.15) is 16.5 Å². The summed E-state index contributed by atoms with van der Waals surface area (Å²) in [5, 5.41) is 2.65. The average molecular weight is 392 g/mol. The van der Waals surface area contributed by atoms with Crippen molar-refractivity contribution in [3.8, 4) is 5.75 Å². The first-order valence-corrected chi connectivity index (χ1v) is 10.2. The van der Waals surface area contributed by atoms with Gasteiger partial charge < -0.3 is 10.1 Å². The zero-order valence-electron chi connectivity index (χ0n) is 14.9. The molecule has 3 rings (SSSR count). The number of sulfonamides is 1. The number of benzene rings is 2. The third-order valence-electron chi connectivity index (χ3n) is 4.29. The Morgan fingerprint density at radius 3 is 2.44 bits per heavy atom. The SMILES string of the molecule is CCOc1ccc(NC(=O)c2ccc(F)cc2)cc1S(=O)(=O)N1CCCC1. The molecule has 0 spiro atoms. The number of nitrogens with one attached hydrogen (secondary N) is 1. The fourth-order valence-corrected chi connectivity index (χ4v) is 4.61. The summed E-state index contributed by atoms with van der Waals surface area (Å²) in [7, 11) is -3.71. The standard InChI is InChI=1S/C19H21FN2O4S/c1-2-26-17-10-9-16(21-19(23)14-5-7-15(20)8-6-14)13-18(17)27(24,25)22-11-3-4-12-22/h5-10,13H,2-4,11-12H2,1H3,(H,21,23). The van der Waals surface area contributed by atoms with E-state index < -0.39 is 21.7 Å². The number of anilines is 1.